The summed E-state index contributed by atoms with van der Waals surface area (Å²) < 4.78 is 0. The van der Waals surface area contributed by atoms with Crippen molar-refractivity contribution in [2.45, 2.75) is 77.0 Å². The number of halogens is 3. The first-order chi connectivity index (χ1) is 19.0. The standard InChI is InChI=1S/C32H41Cl2N3O3.ClH/c1-32(2,3)36-16-14-35(15-17-36)30(39)22-6-4-21(5-7-22)24-19-28(33)27(29(34)20-24)18-23-12-13-37(31(23)40)25-8-10-26(38)11-9-25;/h4-7,19-20,23,25-26,38H,8-18H2,1-3H3;1H/t23-,25?,26?;/m0./s1. The second-order valence-corrected chi connectivity index (χ2v) is 13.4. The summed E-state index contributed by atoms with van der Waals surface area (Å²) in [5.74, 6) is 0.118. The molecule has 0 bridgehead atoms. The fourth-order valence-electron chi connectivity index (χ4n) is 6.46. The van der Waals surface area contributed by atoms with E-state index in [9.17, 15) is 14.7 Å². The van der Waals surface area contributed by atoms with Crippen LogP contribution >= 0.6 is 35.6 Å². The molecule has 1 saturated carbocycles. The van der Waals surface area contributed by atoms with Crippen LogP contribution in [-0.4, -0.2) is 82.0 Å². The lowest BCUT2D eigenvalue weighted by atomic mass is 9.92. The molecule has 224 valence electrons. The fourth-order valence-corrected chi connectivity index (χ4v) is 7.11. The number of aliphatic hydroxyl groups is 1. The Kier molecular flexibility index (Phi) is 10.3. The highest BCUT2D eigenvalue weighted by Crippen LogP contribution is 2.37. The summed E-state index contributed by atoms with van der Waals surface area (Å²) in [6.07, 6.45) is 4.37. The Hall–Kier alpha value is -1.83. The maximum Gasteiger partial charge on any atom is 0.253 e. The van der Waals surface area contributed by atoms with Gasteiger partial charge in [0.15, 0.2) is 0 Å². The second kappa shape index (κ2) is 13.2. The Bertz CT molecular complexity index is 1210. The van der Waals surface area contributed by atoms with Gasteiger partial charge in [0.05, 0.1) is 6.10 Å². The highest BCUT2D eigenvalue weighted by molar-refractivity contribution is 6.36. The first-order valence-corrected chi connectivity index (χ1v) is 15.4. The van der Waals surface area contributed by atoms with E-state index < -0.39 is 0 Å². The lowest BCUT2D eigenvalue weighted by molar-refractivity contribution is -0.133. The van der Waals surface area contributed by atoms with E-state index in [2.05, 4.69) is 25.7 Å². The molecule has 0 radical (unpaired) electrons. The van der Waals surface area contributed by atoms with Gasteiger partial charge < -0.3 is 14.9 Å². The predicted molar refractivity (Wildman–Crippen MR) is 168 cm³/mol. The Morgan fingerprint density at radius 3 is 2.02 bits per heavy atom. The number of benzene rings is 2. The molecule has 6 nitrogen and oxygen atoms in total. The van der Waals surface area contributed by atoms with Crippen LogP contribution in [0.4, 0.5) is 0 Å². The highest BCUT2D eigenvalue weighted by Gasteiger charge is 2.37. The van der Waals surface area contributed by atoms with Crippen molar-refractivity contribution in [1.29, 1.82) is 0 Å². The number of amides is 2. The van der Waals surface area contributed by atoms with Gasteiger partial charge in [0.2, 0.25) is 5.91 Å². The molecule has 2 aliphatic heterocycles. The number of carbonyl (C=O) groups is 2. The van der Waals surface area contributed by atoms with Gasteiger partial charge in [-0.25, -0.2) is 0 Å². The van der Waals surface area contributed by atoms with Crippen molar-refractivity contribution >= 4 is 47.4 Å². The second-order valence-electron chi connectivity index (χ2n) is 12.6. The first-order valence-electron chi connectivity index (χ1n) is 14.6. The number of piperazine rings is 1. The fraction of sp³-hybridized carbons (Fsp3) is 0.562. The third-order valence-electron chi connectivity index (χ3n) is 9.03. The lowest BCUT2D eigenvalue weighted by Crippen LogP contribution is -2.54. The average molecular weight is 623 g/mol. The van der Waals surface area contributed by atoms with Crippen LogP contribution in [0.1, 0.15) is 68.8 Å². The van der Waals surface area contributed by atoms with E-state index in [0.717, 1.165) is 81.5 Å². The van der Waals surface area contributed by atoms with Gasteiger partial charge >= 0.3 is 0 Å². The van der Waals surface area contributed by atoms with E-state index in [0.29, 0.717) is 22.0 Å². The van der Waals surface area contributed by atoms with Crippen molar-refractivity contribution in [1.82, 2.24) is 14.7 Å². The molecule has 9 heteroatoms. The molecule has 1 N–H and O–H groups in total. The topological polar surface area (TPSA) is 64.1 Å². The summed E-state index contributed by atoms with van der Waals surface area (Å²) in [5.41, 5.74) is 3.43. The van der Waals surface area contributed by atoms with Crippen LogP contribution in [0, 0.1) is 5.92 Å². The van der Waals surface area contributed by atoms with E-state index in [4.69, 9.17) is 23.2 Å². The van der Waals surface area contributed by atoms with Gasteiger partial charge in [-0.1, -0.05) is 35.3 Å². The highest BCUT2D eigenvalue weighted by atomic mass is 35.5. The summed E-state index contributed by atoms with van der Waals surface area (Å²) >= 11 is 13.5. The molecule has 2 heterocycles. The molecule has 41 heavy (non-hydrogen) atoms. The Morgan fingerprint density at radius 2 is 1.46 bits per heavy atom. The summed E-state index contributed by atoms with van der Waals surface area (Å²) in [6, 6.07) is 11.7. The number of aliphatic hydroxyl groups excluding tert-OH is 1. The summed E-state index contributed by atoms with van der Waals surface area (Å²) in [6.45, 7) is 10.6. The summed E-state index contributed by atoms with van der Waals surface area (Å²) in [5, 5.41) is 10.9. The summed E-state index contributed by atoms with van der Waals surface area (Å²) in [4.78, 5) is 32.7. The van der Waals surface area contributed by atoms with Gasteiger partial charge in [0, 0.05) is 65.8 Å². The molecule has 2 amide bonds. The predicted octanol–water partition coefficient (Wildman–Crippen LogP) is 6.33. The van der Waals surface area contributed by atoms with E-state index in [1.165, 1.54) is 0 Å². The minimum absolute atomic E-state index is 0. The van der Waals surface area contributed by atoms with Gasteiger partial charge in [-0.2, -0.15) is 0 Å². The van der Waals surface area contributed by atoms with Crippen LogP contribution in [-0.2, 0) is 11.2 Å². The summed E-state index contributed by atoms with van der Waals surface area (Å²) in [7, 11) is 0. The van der Waals surface area contributed by atoms with E-state index >= 15 is 0 Å². The van der Waals surface area contributed by atoms with Crippen LogP contribution in [0.5, 0.6) is 0 Å². The van der Waals surface area contributed by atoms with E-state index in [1.54, 1.807) is 0 Å². The zero-order valence-corrected chi connectivity index (χ0v) is 26.6. The number of carbonyl (C=O) groups excluding carboxylic acids is 2. The Labute approximate surface area is 260 Å². The van der Waals surface area contributed by atoms with Gasteiger partial charge in [0.25, 0.3) is 5.91 Å². The maximum absolute atomic E-state index is 13.2. The number of hydrogen-bond acceptors (Lipinski definition) is 4. The normalized spacial score (nSPS) is 24.0. The molecule has 2 aromatic rings. The first kappa shape index (κ1) is 32.1. The Balaban J connectivity index is 0.00000387. The maximum atomic E-state index is 13.2. The van der Waals surface area contributed by atoms with Crippen molar-refractivity contribution in [2.24, 2.45) is 5.92 Å². The van der Waals surface area contributed by atoms with Crippen molar-refractivity contribution in [3.8, 4) is 11.1 Å². The van der Waals surface area contributed by atoms with Crippen LogP contribution < -0.4 is 0 Å². The van der Waals surface area contributed by atoms with Crippen molar-refractivity contribution < 1.29 is 14.7 Å². The molecule has 1 aliphatic carbocycles. The zero-order chi connectivity index (χ0) is 28.6. The molecule has 3 fully saturated rings. The van der Waals surface area contributed by atoms with Crippen molar-refractivity contribution in [2.75, 3.05) is 32.7 Å². The number of rotatable bonds is 5. The molecular formula is C32H42Cl3N3O3. The lowest BCUT2D eigenvalue weighted by Gasteiger charge is -2.42. The van der Waals surface area contributed by atoms with Crippen LogP contribution in [0.3, 0.4) is 0 Å². The smallest absolute Gasteiger partial charge is 0.253 e. The molecule has 5 rings (SSSR count). The average Bonchev–Trinajstić information content (AvgIpc) is 3.30. The molecular weight excluding hydrogens is 581 g/mol. The van der Waals surface area contributed by atoms with Crippen molar-refractivity contribution in [3.05, 3.63) is 57.6 Å². The zero-order valence-electron chi connectivity index (χ0n) is 24.2. The van der Waals surface area contributed by atoms with Crippen molar-refractivity contribution in [3.63, 3.8) is 0 Å². The number of nitrogens with zero attached hydrogens (tertiary/aromatic N) is 3. The molecule has 2 saturated heterocycles. The van der Waals surface area contributed by atoms with Crippen LogP contribution in [0.2, 0.25) is 10.0 Å². The number of hydrogen-bond donors (Lipinski definition) is 1. The van der Waals surface area contributed by atoms with Gasteiger partial charge in [0.1, 0.15) is 0 Å². The van der Waals surface area contributed by atoms with Crippen LogP contribution in [0.25, 0.3) is 11.1 Å². The third-order valence-corrected chi connectivity index (χ3v) is 9.70. The van der Waals surface area contributed by atoms with E-state index in [-0.39, 0.29) is 47.8 Å². The quantitative estimate of drug-likeness (QED) is 0.423. The Morgan fingerprint density at radius 1 is 0.878 bits per heavy atom. The molecule has 1 atom stereocenters. The SMILES string of the molecule is CC(C)(C)N1CCN(C(=O)c2ccc(-c3cc(Cl)c(C[C@@H]4CCN(C5CCC(O)CC5)C4=O)c(Cl)c3)cc2)CC1.Cl. The molecule has 3 aliphatic rings. The molecule has 0 aromatic heterocycles. The minimum atomic E-state index is -0.230. The van der Waals surface area contributed by atoms with Crippen LogP contribution in [0.15, 0.2) is 36.4 Å². The van der Waals surface area contributed by atoms with E-state index in [1.807, 2.05) is 46.2 Å². The monoisotopic (exact) mass is 621 g/mol. The molecule has 0 unspecified atom stereocenters. The number of likely N-dealkylation sites (tertiary alicyclic amines) is 1. The molecule has 0 spiro atoms. The van der Waals surface area contributed by atoms with Gasteiger partial charge in [-0.15, -0.1) is 12.4 Å². The molecule has 2 aromatic carbocycles. The van der Waals surface area contributed by atoms with Gasteiger partial charge in [-0.3, -0.25) is 14.5 Å². The largest absolute Gasteiger partial charge is 0.393 e. The third kappa shape index (κ3) is 7.22. The van der Waals surface area contributed by atoms with Gasteiger partial charge in [-0.05, 0) is 100 Å². The minimum Gasteiger partial charge on any atom is -0.393 e.